The number of esters is 1. The topological polar surface area (TPSA) is 179 Å². The molecule has 0 aliphatic heterocycles. The first-order valence-electron chi connectivity index (χ1n) is 13.7. The largest absolute Gasteiger partial charge is 0.494 e. The van der Waals surface area contributed by atoms with Crippen LogP contribution in [0.2, 0.25) is 0 Å². The molecular formula is C28H39BrN7O8+. The number of non-ortho nitro benzene ring substituents is 1. The molecule has 2 aromatic carbocycles. The third-order valence-electron chi connectivity index (χ3n) is 6.71. The molecule has 0 atom stereocenters. The van der Waals surface area contributed by atoms with Gasteiger partial charge in [0.1, 0.15) is 18.0 Å². The molecule has 0 aliphatic carbocycles. The summed E-state index contributed by atoms with van der Waals surface area (Å²) in [6, 6.07) is 5.03. The standard InChI is InChI=1S/C28H38BrN7O8/c1-9-28(3,4)27(38)44-13-11-33(10-12-36(5,6)7)23-16-21(30-18(2)37)22(17-25(23)43-8)31-32-26-20(29)14-19(34(39)40)15-24(26)35(41)42/h14-17H,9-13H2,1-8H3/p+1. The molecule has 0 saturated carbocycles. The maximum absolute atomic E-state index is 12.6. The van der Waals surface area contributed by atoms with E-state index in [4.69, 9.17) is 9.47 Å². The molecule has 0 bridgehead atoms. The highest BCUT2D eigenvalue weighted by atomic mass is 79.9. The Morgan fingerprint density at radius 3 is 2.25 bits per heavy atom. The molecule has 240 valence electrons. The molecule has 0 fully saturated rings. The third kappa shape index (κ3) is 9.94. The van der Waals surface area contributed by atoms with Crippen molar-refractivity contribution in [2.24, 2.45) is 15.6 Å². The Morgan fingerprint density at radius 1 is 1.07 bits per heavy atom. The molecule has 2 aromatic rings. The Kier molecular flexibility index (Phi) is 12.3. The fourth-order valence-corrected chi connectivity index (χ4v) is 4.24. The number of nitro benzene ring substituents is 2. The Bertz CT molecular complexity index is 1440. The van der Waals surface area contributed by atoms with Gasteiger partial charge < -0.3 is 24.2 Å². The van der Waals surface area contributed by atoms with Crippen LogP contribution < -0.4 is 15.0 Å². The molecule has 0 aromatic heterocycles. The number of nitrogens with one attached hydrogen (secondary N) is 1. The number of carbonyl (C=O) groups is 2. The number of quaternary nitrogens is 1. The van der Waals surface area contributed by atoms with Crippen LogP contribution in [0.3, 0.4) is 0 Å². The van der Waals surface area contributed by atoms with E-state index >= 15 is 0 Å². The van der Waals surface area contributed by atoms with Gasteiger partial charge in [0.05, 0.1) is 85.1 Å². The SMILES string of the molecule is CCC(C)(C)C(=O)OCCN(CC[N+](C)(C)C)c1cc(NC(C)=O)c(N=Nc2c(Br)cc([N+](=O)[O-])cc2[N+](=O)[O-])cc1OC. The minimum absolute atomic E-state index is 0.0147. The molecule has 0 heterocycles. The number of nitro groups is 2. The Hall–Kier alpha value is -4.18. The van der Waals surface area contributed by atoms with Crippen molar-refractivity contribution in [2.75, 3.05) is 64.7 Å². The summed E-state index contributed by atoms with van der Waals surface area (Å²) in [5.41, 5.74) is -1.07. The number of amides is 1. The van der Waals surface area contributed by atoms with Crippen LogP contribution in [-0.2, 0) is 14.3 Å². The van der Waals surface area contributed by atoms with Gasteiger partial charge in [-0.05, 0) is 42.3 Å². The first-order valence-corrected chi connectivity index (χ1v) is 14.5. The van der Waals surface area contributed by atoms with Crippen LogP contribution in [0.5, 0.6) is 5.75 Å². The van der Waals surface area contributed by atoms with Gasteiger partial charge in [-0.2, -0.15) is 0 Å². The number of anilines is 2. The second kappa shape index (κ2) is 15.0. The highest BCUT2D eigenvalue weighted by Gasteiger charge is 2.28. The van der Waals surface area contributed by atoms with E-state index in [9.17, 15) is 29.8 Å². The number of nitrogens with zero attached hydrogens (tertiary/aromatic N) is 6. The summed E-state index contributed by atoms with van der Waals surface area (Å²) < 4.78 is 11.9. The summed E-state index contributed by atoms with van der Waals surface area (Å²) in [5, 5.41) is 33.8. The van der Waals surface area contributed by atoms with Crippen LogP contribution in [0.1, 0.15) is 34.1 Å². The van der Waals surface area contributed by atoms with E-state index in [0.29, 0.717) is 42.0 Å². The van der Waals surface area contributed by atoms with Crippen LogP contribution in [0, 0.1) is 25.6 Å². The zero-order valence-electron chi connectivity index (χ0n) is 26.2. The van der Waals surface area contributed by atoms with E-state index in [1.807, 2.05) is 46.8 Å². The second-order valence-electron chi connectivity index (χ2n) is 11.6. The van der Waals surface area contributed by atoms with Gasteiger partial charge in [0.25, 0.3) is 5.69 Å². The van der Waals surface area contributed by atoms with E-state index < -0.39 is 32.5 Å². The van der Waals surface area contributed by atoms with E-state index in [0.717, 1.165) is 12.1 Å². The van der Waals surface area contributed by atoms with Gasteiger partial charge in [0, 0.05) is 19.1 Å². The van der Waals surface area contributed by atoms with Crippen LogP contribution in [0.15, 0.2) is 39.0 Å². The maximum Gasteiger partial charge on any atom is 0.311 e. The molecule has 0 saturated heterocycles. The first-order chi connectivity index (χ1) is 20.4. The molecule has 44 heavy (non-hydrogen) atoms. The number of benzene rings is 2. The van der Waals surface area contributed by atoms with Gasteiger partial charge >= 0.3 is 11.7 Å². The van der Waals surface area contributed by atoms with E-state index in [-0.39, 0.29) is 34.1 Å². The molecule has 0 unspecified atom stereocenters. The number of carbonyl (C=O) groups excluding carboxylic acids is 2. The van der Waals surface area contributed by atoms with Crippen LogP contribution in [0.25, 0.3) is 0 Å². The lowest BCUT2D eigenvalue weighted by molar-refractivity contribution is -0.868. The number of ether oxygens (including phenoxy) is 2. The van der Waals surface area contributed by atoms with Crippen molar-refractivity contribution in [3.63, 3.8) is 0 Å². The summed E-state index contributed by atoms with van der Waals surface area (Å²) >= 11 is 3.11. The van der Waals surface area contributed by atoms with E-state index in [2.05, 4.69) is 31.5 Å². The third-order valence-corrected chi connectivity index (χ3v) is 7.32. The molecule has 2 rings (SSSR count). The molecule has 0 radical (unpaired) electrons. The Balaban J connectivity index is 2.61. The quantitative estimate of drug-likeness (QED) is 0.0760. The normalized spacial score (nSPS) is 11.8. The van der Waals surface area contributed by atoms with Gasteiger partial charge in [0.15, 0.2) is 5.69 Å². The lowest BCUT2D eigenvalue weighted by Crippen LogP contribution is -2.43. The summed E-state index contributed by atoms with van der Waals surface area (Å²) in [4.78, 5) is 48.0. The molecule has 0 spiro atoms. The van der Waals surface area contributed by atoms with Crippen molar-refractivity contribution >= 4 is 61.9 Å². The van der Waals surface area contributed by atoms with E-state index in [1.165, 1.54) is 20.1 Å². The number of likely N-dealkylation sites (N-methyl/N-ethyl adjacent to an activating group) is 1. The number of hydrogen-bond acceptors (Lipinski definition) is 11. The zero-order chi connectivity index (χ0) is 33.4. The van der Waals surface area contributed by atoms with Crippen molar-refractivity contribution in [1.29, 1.82) is 0 Å². The average molecular weight is 682 g/mol. The zero-order valence-corrected chi connectivity index (χ0v) is 27.8. The fourth-order valence-electron chi connectivity index (χ4n) is 3.72. The number of azo groups is 1. The summed E-state index contributed by atoms with van der Waals surface area (Å²) in [6.07, 6.45) is 0.626. The van der Waals surface area contributed by atoms with Gasteiger partial charge in [-0.3, -0.25) is 29.8 Å². The second-order valence-corrected chi connectivity index (χ2v) is 12.5. The highest BCUT2D eigenvalue weighted by Crippen LogP contribution is 2.43. The average Bonchev–Trinajstić information content (AvgIpc) is 2.92. The minimum atomic E-state index is -0.801. The molecule has 16 heteroatoms. The predicted molar refractivity (Wildman–Crippen MR) is 169 cm³/mol. The number of rotatable bonds is 15. The maximum atomic E-state index is 12.6. The lowest BCUT2D eigenvalue weighted by atomic mass is 9.91. The van der Waals surface area contributed by atoms with Crippen molar-refractivity contribution in [3.8, 4) is 5.75 Å². The van der Waals surface area contributed by atoms with Gasteiger partial charge in [0.2, 0.25) is 5.91 Å². The van der Waals surface area contributed by atoms with Gasteiger partial charge in [-0.1, -0.05) is 6.92 Å². The summed E-state index contributed by atoms with van der Waals surface area (Å²) in [5.74, 6) is -0.361. The van der Waals surface area contributed by atoms with Crippen LogP contribution >= 0.6 is 15.9 Å². The van der Waals surface area contributed by atoms with Gasteiger partial charge in [-0.25, -0.2) is 0 Å². The highest BCUT2D eigenvalue weighted by molar-refractivity contribution is 9.10. The molecule has 0 aliphatic rings. The first kappa shape index (κ1) is 36.0. The number of methoxy groups -OCH3 is 1. The number of hydrogen-bond donors (Lipinski definition) is 1. The molecule has 1 N–H and O–H groups in total. The predicted octanol–water partition coefficient (Wildman–Crippen LogP) is 6.14. The Morgan fingerprint density at radius 2 is 1.73 bits per heavy atom. The van der Waals surface area contributed by atoms with Crippen molar-refractivity contribution in [2.45, 2.75) is 34.1 Å². The van der Waals surface area contributed by atoms with Gasteiger partial charge in [-0.15, -0.1) is 10.2 Å². The minimum Gasteiger partial charge on any atom is -0.494 e. The molecule has 15 nitrogen and oxygen atoms in total. The molecule has 1 amide bonds. The molecular weight excluding hydrogens is 642 g/mol. The van der Waals surface area contributed by atoms with Crippen molar-refractivity contribution in [1.82, 2.24) is 0 Å². The Labute approximate surface area is 264 Å². The number of halogens is 1. The smallest absolute Gasteiger partial charge is 0.311 e. The van der Waals surface area contributed by atoms with Crippen molar-refractivity contribution < 1.29 is 33.4 Å². The van der Waals surface area contributed by atoms with E-state index in [1.54, 1.807) is 6.07 Å². The fraction of sp³-hybridized carbons (Fsp3) is 0.500. The monoisotopic (exact) mass is 680 g/mol. The van der Waals surface area contributed by atoms with Crippen molar-refractivity contribution in [3.05, 3.63) is 49.0 Å². The van der Waals surface area contributed by atoms with Crippen LogP contribution in [-0.4, -0.2) is 80.7 Å². The van der Waals surface area contributed by atoms with Crippen LogP contribution in [0.4, 0.5) is 34.1 Å². The lowest BCUT2D eigenvalue weighted by Gasteiger charge is -2.32. The summed E-state index contributed by atoms with van der Waals surface area (Å²) in [7, 11) is 7.58. The summed E-state index contributed by atoms with van der Waals surface area (Å²) in [6.45, 7) is 8.56.